The van der Waals surface area contributed by atoms with Gasteiger partial charge in [-0.2, -0.15) is 0 Å². The Balaban J connectivity index is 0. The Hall–Kier alpha value is -0.590. The predicted molar refractivity (Wildman–Crippen MR) is 79.5 cm³/mol. The quantitative estimate of drug-likeness (QED) is 0.127. The summed E-state index contributed by atoms with van der Waals surface area (Å²) in [6.45, 7) is 8.08. The molecule has 0 bridgehead atoms. The van der Waals surface area contributed by atoms with E-state index < -0.39 is 7.82 Å². The molecule has 0 unspecified atom stereocenters. The van der Waals surface area contributed by atoms with Crippen LogP contribution < -0.4 is 0 Å². The van der Waals surface area contributed by atoms with E-state index in [4.69, 9.17) is 19.2 Å². The number of hydrogen-bond donors (Lipinski definition) is 3. The average molecular weight is 378 g/mol. The second kappa shape index (κ2) is 18.7. The van der Waals surface area contributed by atoms with Crippen molar-refractivity contribution in [3.05, 3.63) is 12.8 Å². The molecule has 0 aromatic heterocycles. The number of phosphoric acid groups is 1. The molecule has 0 heterocycles. The second-order valence-electron chi connectivity index (χ2n) is 4.89. The van der Waals surface area contributed by atoms with Crippen molar-refractivity contribution in [2.75, 3.05) is 6.61 Å². The molecule has 0 saturated heterocycles. The van der Waals surface area contributed by atoms with Crippen LogP contribution in [0.5, 0.6) is 0 Å². The van der Waals surface area contributed by atoms with Crippen LogP contribution in [0.15, 0.2) is 12.8 Å². The molecule has 0 atom stereocenters. The highest BCUT2D eigenvalue weighted by Crippen LogP contribution is 2.25. The first kappa shape index (κ1) is 25.6. The molecule has 0 aliphatic rings. The maximum Gasteiger partial charge on any atom is 0.466 e. The minimum absolute atomic E-state index is 0.414. The normalized spacial score (nSPS) is 11.1. The van der Waals surface area contributed by atoms with Crippen LogP contribution in [-0.4, -0.2) is 21.3 Å². The molecular weight excluding hydrogens is 351 g/mol. The SMILES string of the molecule is C=COOOOOOOCCCCCCCC(C)C.O=P(O)(O)O. The lowest BCUT2D eigenvalue weighted by molar-refractivity contribution is -0.786. The van der Waals surface area contributed by atoms with Gasteiger partial charge >= 0.3 is 7.82 Å². The van der Waals surface area contributed by atoms with E-state index in [9.17, 15) is 0 Å². The summed E-state index contributed by atoms with van der Waals surface area (Å²) in [5.41, 5.74) is 0. The van der Waals surface area contributed by atoms with Crippen LogP contribution in [0.3, 0.4) is 0 Å². The van der Waals surface area contributed by atoms with Crippen LogP contribution in [0.2, 0.25) is 0 Å². The zero-order valence-corrected chi connectivity index (χ0v) is 14.8. The lowest BCUT2D eigenvalue weighted by atomic mass is 10.0. The average Bonchev–Trinajstić information content (AvgIpc) is 2.45. The second-order valence-corrected chi connectivity index (χ2v) is 5.92. The molecule has 24 heavy (non-hydrogen) atoms. The van der Waals surface area contributed by atoms with Gasteiger partial charge in [-0.15, -0.1) is 0 Å². The van der Waals surface area contributed by atoms with Gasteiger partial charge in [-0.1, -0.05) is 52.5 Å². The van der Waals surface area contributed by atoms with Crippen molar-refractivity contribution in [3.8, 4) is 0 Å². The molecule has 0 amide bonds. The standard InChI is InChI=1S/C12H24O7.H3O4P/c1-4-13-15-17-19-18-16-14-11-9-7-5-6-8-10-12(2)3;1-5(2,3)4/h4,12H,1,5-11H2,2-3H3;(H3,1,2,3,4). The molecule has 0 saturated carbocycles. The van der Waals surface area contributed by atoms with Gasteiger partial charge < -0.3 is 19.6 Å². The first-order valence-corrected chi connectivity index (χ1v) is 8.84. The van der Waals surface area contributed by atoms with Crippen molar-refractivity contribution in [3.63, 3.8) is 0 Å². The van der Waals surface area contributed by atoms with Gasteiger partial charge in [0, 0.05) is 15.1 Å². The Kier molecular flexibility index (Phi) is 20.0. The summed E-state index contributed by atoms with van der Waals surface area (Å²) in [4.78, 5) is 30.3. The maximum atomic E-state index is 8.88. The van der Waals surface area contributed by atoms with Gasteiger partial charge in [0.25, 0.3) is 0 Å². The van der Waals surface area contributed by atoms with E-state index in [1.165, 1.54) is 25.7 Å². The van der Waals surface area contributed by atoms with Gasteiger partial charge in [0.1, 0.15) is 6.26 Å². The van der Waals surface area contributed by atoms with Gasteiger partial charge in [-0.05, 0) is 22.4 Å². The summed E-state index contributed by atoms with van der Waals surface area (Å²) in [6, 6.07) is 0. The lowest BCUT2D eigenvalue weighted by Crippen LogP contribution is -2.01. The zero-order valence-electron chi connectivity index (χ0n) is 13.9. The van der Waals surface area contributed by atoms with Crippen LogP contribution in [0.25, 0.3) is 0 Å². The summed E-state index contributed by atoms with van der Waals surface area (Å²) >= 11 is 0. The molecular formula is C12H27O11P. The van der Waals surface area contributed by atoms with Gasteiger partial charge in [0.05, 0.1) is 6.61 Å². The van der Waals surface area contributed by atoms with Crippen LogP contribution in [0.1, 0.15) is 52.4 Å². The summed E-state index contributed by atoms with van der Waals surface area (Å²) in [6.07, 6.45) is 8.01. The minimum atomic E-state index is -4.64. The van der Waals surface area contributed by atoms with Crippen LogP contribution in [0, 0.1) is 5.92 Å². The first-order chi connectivity index (χ1) is 11.3. The van der Waals surface area contributed by atoms with E-state index in [1.807, 2.05) is 0 Å². The Morgan fingerprint density at radius 2 is 1.42 bits per heavy atom. The van der Waals surface area contributed by atoms with E-state index in [-0.39, 0.29) is 0 Å². The fraction of sp³-hybridized carbons (Fsp3) is 0.833. The van der Waals surface area contributed by atoms with Gasteiger partial charge in [0.2, 0.25) is 0 Å². The van der Waals surface area contributed by atoms with Crippen molar-refractivity contribution in [1.82, 2.24) is 0 Å². The number of rotatable bonds is 15. The maximum absolute atomic E-state index is 8.88. The van der Waals surface area contributed by atoms with Gasteiger partial charge in [-0.3, -0.25) is 0 Å². The molecule has 0 aliphatic heterocycles. The molecule has 0 aromatic rings. The van der Waals surface area contributed by atoms with E-state index in [2.05, 4.69) is 55.4 Å². The smallest absolute Gasteiger partial charge is 0.315 e. The Morgan fingerprint density at radius 3 is 2.00 bits per heavy atom. The Morgan fingerprint density at radius 1 is 0.917 bits per heavy atom. The predicted octanol–water partition coefficient (Wildman–Crippen LogP) is 2.80. The molecule has 0 aromatic carbocycles. The molecule has 12 heteroatoms. The van der Waals surface area contributed by atoms with E-state index in [1.54, 1.807) is 0 Å². The highest BCUT2D eigenvalue weighted by Gasteiger charge is 2.00. The van der Waals surface area contributed by atoms with Crippen LogP contribution in [-0.2, 0) is 39.5 Å². The molecule has 0 fully saturated rings. The topological polar surface area (TPSA) is 142 Å². The van der Waals surface area contributed by atoms with Crippen molar-refractivity contribution >= 4 is 7.82 Å². The molecule has 0 radical (unpaired) electrons. The highest BCUT2D eigenvalue weighted by molar-refractivity contribution is 7.45. The van der Waals surface area contributed by atoms with Crippen molar-refractivity contribution in [2.45, 2.75) is 52.4 Å². The largest absolute Gasteiger partial charge is 0.466 e. The third-order valence-electron chi connectivity index (χ3n) is 2.28. The summed E-state index contributed by atoms with van der Waals surface area (Å²) in [5, 5.41) is 19.7. The highest BCUT2D eigenvalue weighted by atomic mass is 31.2. The van der Waals surface area contributed by atoms with Gasteiger partial charge in [0.15, 0.2) is 0 Å². The third kappa shape index (κ3) is 37.6. The monoisotopic (exact) mass is 378 g/mol. The lowest BCUT2D eigenvalue weighted by Gasteiger charge is -2.04. The van der Waals surface area contributed by atoms with Crippen molar-refractivity contribution in [1.29, 1.82) is 0 Å². The molecule has 11 nitrogen and oxygen atoms in total. The van der Waals surface area contributed by atoms with Gasteiger partial charge in [-0.25, -0.2) is 9.45 Å². The zero-order chi connectivity index (χ0) is 18.7. The molecule has 146 valence electrons. The molecule has 0 spiro atoms. The molecule has 0 aliphatic carbocycles. The Labute approximate surface area is 140 Å². The summed E-state index contributed by atoms with van der Waals surface area (Å²) in [5.74, 6) is 0.789. The summed E-state index contributed by atoms with van der Waals surface area (Å²) in [7, 11) is -4.64. The number of unbranched alkanes of at least 4 members (excludes halogenated alkanes) is 4. The first-order valence-electron chi connectivity index (χ1n) is 7.28. The minimum Gasteiger partial charge on any atom is -0.315 e. The van der Waals surface area contributed by atoms with E-state index in [0.717, 1.165) is 25.0 Å². The van der Waals surface area contributed by atoms with Crippen molar-refractivity contribution in [2.24, 2.45) is 5.92 Å². The van der Waals surface area contributed by atoms with Crippen LogP contribution >= 0.6 is 7.82 Å². The fourth-order valence-corrected chi connectivity index (χ4v) is 1.38. The Bertz CT molecular complexity index is 299. The number of hydrogen-bond acceptors (Lipinski definition) is 8. The third-order valence-corrected chi connectivity index (χ3v) is 2.28. The molecule has 0 rings (SSSR count). The molecule has 3 N–H and O–H groups in total. The van der Waals surface area contributed by atoms with E-state index in [0.29, 0.717) is 6.61 Å². The fourth-order valence-electron chi connectivity index (χ4n) is 1.38. The summed E-state index contributed by atoms with van der Waals surface area (Å²) < 4.78 is 8.88. The van der Waals surface area contributed by atoms with Crippen molar-refractivity contribution < 1.29 is 54.2 Å². The van der Waals surface area contributed by atoms with E-state index >= 15 is 0 Å². The van der Waals surface area contributed by atoms with Crippen LogP contribution in [0.4, 0.5) is 0 Å².